The van der Waals surface area contributed by atoms with Crippen LogP contribution >= 0.6 is 27.7 Å². The SMILES string of the molecule is COc1cc(Br)cc(C=NN=C(N)SCc2ccccc2)c1OCC(=O)O. The third kappa shape index (κ3) is 6.95. The normalized spacial score (nSPS) is 11.6. The van der Waals surface area contributed by atoms with Gasteiger partial charge in [0.25, 0.3) is 0 Å². The summed E-state index contributed by atoms with van der Waals surface area (Å²) in [6.45, 7) is -0.503. The quantitative estimate of drug-likeness (QED) is 0.361. The van der Waals surface area contributed by atoms with Gasteiger partial charge in [-0.2, -0.15) is 5.10 Å². The molecule has 3 N–H and O–H groups in total. The van der Waals surface area contributed by atoms with Gasteiger partial charge in [-0.3, -0.25) is 0 Å². The molecule has 2 aromatic carbocycles. The fourth-order valence-corrected chi connectivity index (χ4v) is 3.10. The van der Waals surface area contributed by atoms with Crippen LogP contribution in [0.25, 0.3) is 0 Å². The Morgan fingerprint density at radius 3 is 2.74 bits per heavy atom. The molecule has 0 amide bonds. The number of aliphatic carboxylic acids is 1. The van der Waals surface area contributed by atoms with E-state index in [4.69, 9.17) is 20.3 Å². The van der Waals surface area contributed by atoms with Gasteiger partial charge in [-0.1, -0.05) is 58.0 Å². The second kappa shape index (κ2) is 10.6. The van der Waals surface area contributed by atoms with Gasteiger partial charge in [0.2, 0.25) is 0 Å². The zero-order valence-electron chi connectivity index (χ0n) is 14.5. The molecule has 142 valence electrons. The van der Waals surface area contributed by atoms with E-state index in [0.29, 0.717) is 22.2 Å². The molecule has 0 heterocycles. The van der Waals surface area contributed by atoms with E-state index in [2.05, 4.69) is 26.1 Å². The first-order chi connectivity index (χ1) is 13.0. The molecule has 0 aliphatic rings. The summed E-state index contributed by atoms with van der Waals surface area (Å²) in [7, 11) is 1.46. The molecule has 0 bridgehead atoms. The number of rotatable bonds is 8. The van der Waals surface area contributed by atoms with Gasteiger partial charge in [-0.05, 0) is 17.7 Å². The first-order valence-electron chi connectivity index (χ1n) is 7.75. The highest BCUT2D eigenvalue weighted by atomic mass is 79.9. The number of halogens is 1. The van der Waals surface area contributed by atoms with Crippen molar-refractivity contribution >= 4 is 45.0 Å². The third-order valence-electron chi connectivity index (χ3n) is 3.19. The van der Waals surface area contributed by atoms with E-state index >= 15 is 0 Å². The number of hydrogen-bond donors (Lipinski definition) is 2. The van der Waals surface area contributed by atoms with Crippen LogP contribution in [0.1, 0.15) is 11.1 Å². The van der Waals surface area contributed by atoms with Crippen LogP contribution in [0.3, 0.4) is 0 Å². The Morgan fingerprint density at radius 1 is 1.33 bits per heavy atom. The number of nitrogens with two attached hydrogens (primary N) is 1. The maximum atomic E-state index is 10.8. The van der Waals surface area contributed by atoms with E-state index in [9.17, 15) is 4.79 Å². The predicted molar refractivity (Wildman–Crippen MR) is 111 cm³/mol. The van der Waals surface area contributed by atoms with Crippen molar-refractivity contribution in [3.63, 3.8) is 0 Å². The Kier molecular flexibility index (Phi) is 8.15. The lowest BCUT2D eigenvalue weighted by Crippen LogP contribution is -2.11. The Bertz CT molecular complexity index is 844. The average molecular weight is 452 g/mol. The molecule has 0 fully saturated rings. The monoisotopic (exact) mass is 451 g/mol. The van der Waals surface area contributed by atoms with E-state index < -0.39 is 12.6 Å². The van der Waals surface area contributed by atoms with Crippen LogP contribution in [0.4, 0.5) is 0 Å². The van der Waals surface area contributed by atoms with Crippen LogP contribution in [0.5, 0.6) is 11.5 Å². The largest absolute Gasteiger partial charge is 0.493 e. The second-order valence-corrected chi connectivity index (χ2v) is 7.08. The summed E-state index contributed by atoms with van der Waals surface area (Å²) in [5.74, 6) is 0.228. The third-order valence-corrected chi connectivity index (χ3v) is 4.50. The highest BCUT2D eigenvalue weighted by Gasteiger charge is 2.13. The van der Waals surface area contributed by atoms with Crippen LogP contribution in [0.15, 0.2) is 57.1 Å². The van der Waals surface area contributed by atoms with Gasteiger partial charge in [-0.15, -0.1) is 5.10 Å². The molecule has 0 aliphatic heterocycles. The van der Waals surface area contributed by atoms with Crippen LogP contribution in [-0.2, 0) is 10.5 Å². The second-order valence-electron chi connectivity index (χ2n) is 5.17. The molecule has 27 heavy (non-hydrogen) atoms. The summed E-state index contributed by atoms with van der Waals surface area (Å²) in [6.07, 6.45) is 1.43. The van der Waals surface area contributed by atoms with Crippen molar-refractivity contribution in [1.29, 1.82) is 0 Å². The molecule has 0 radical (unpaired) electrons. The highest BCUT2D eigenvalue weighted by Crippen LogP contribution is 2.34. The first kappa shape index (κ1) is 20.8. The number of carbonyl (C=O) groups is 1. The highest BCUT2D eigenvalue weighted by molar-refractivity contribution is 9.10. The van der Waals surface area contributed by atoms with E-state index in [-0.39, 0.29) is 5.75 Å². The molecular weight excluding hydrogens is 434 g/mol. The molecule has 0 unspecified atom stereocenters. The minimum atomic E-state index is -1.09. The van der Waals surface area contributed by atoms with Crippen LogP contribution in [0.2, 0.25) is 0 Å². The Balaban J connectivity index is 2.11. The Labute approximate surface area is 169 Å². The van der Waals surface area contributed by atoms with Crippen molar-refractivity contribution in [2.75, 3.05) is 13.7 Å². The molecule has 2 rings (SSSR count). The van der Waals surface area contributed by atoms with Crippen LogP contribution in [-0.4, -0.2) is 36.2 Å². The molecule has 0 saturated heterocycles. The van der Waals surface area contributed by atoms with Crippen molar-refractivity contribution in [3.8, 4) is 11.5 Å². The van der Waals surface area contributed by atoms with E-state index in [1.807, 2.05) is 30.3 Å². The first-order valence-corrected chi connectivity index (χ1v) is 9.52. The summed E-state index contributed by atoms with van der Waals surface area (Å²) in [6, 6.07) is 13.3. The van der Waals surface area contributed by atoms with Gasteiger partial charge in [0.1, 0.15) is 0 Å². The maximum absolute atomic E-state index is 10.8. The van der Waals surface area contributed by atoms with Crippen LogP contribution in [0, 0.1) is 0 Å². The van der Waals surface area contributed by atoms with Crippen molar-refractivity contribution in [1.82, 2.24) is 0 Å². The van der Waals surface area contributed by atoms with Gasteiger partial charge >= 0.3 is 5.97 Å². The van der Waals surface area contributed by atoms with E-state index in [1.54, 1.807) is 12.1 Å². The zero-order chi connectivity index (χ0) is 19.6. The number of methoxy groups -OCH3 is 1. The predicted octanol–water partition coefficient (Wildman–Crippen LogP) is 3.50. The zero-order valence-corrected chi connectivity index (χ0v) is 16.9. The van der Waals surface area contributed by atoms with Crippen molar-refractivity contribution in [2.24, 2.45) is 15.9 Å². The van der Waals surface area contributed by atoms with Gasteiger partial charge in [0, 0.05) is 15.8 Å². The number of thioether (sulfide) groups is 1. The van der Waals surface area contributed by atoms with Crippen LogP contribution < -0.4 is 15.2 Å². The maximum Gasteiger partial charge on any atom is 0.341 e. The van der Waals surface area contributed by atoms with Gasteiger partial charge in [-0.25, -0.2) is 4.79 Å². The fraction of sp³-hybridized carbons (Fsp3) is 0.167. The molecule has 0 atom stereocenters. The smallest absolute Gasteiger partial charge is 0.341 e. The summed E-state index contributed by atoms with van der Waals surface area (Å²) in [4.78, 5) is 10.8. The molecule has 9 heteroatoms. The molecule has 0 aliphatic carbocycles. The summed E-state index contributed by atoms with van der Waals surface area (Å²) in [5.41, 5.74) is 7.50. The number of hydrogen-bond acceptors (Lipinski definition) is 6. The number of benzene rings is 2. The van der Waals surface area contributed by atoms with Crippen molar-refractivity contribution < 1.29 is 19.4 Å². The average Bonchev–Trinajstić information content (AvgIpc) is 2.65. The summed E-state index contributed by atoms with van der Waals surface area (Å²) in [5, 5.41) is 17.1. The fourth-order valence-electron chi connectivity index (χ4n) is 2.03. The molecule has 0 spiro atoms. The number of carboxylic acids is 1. The van der Waals surface area contributed by atoms with Gasteiger partial charge in [0.15, 0.2) is 23.3 Å². The van der Waals surface area contributed by atoms with Crippen molar-refractivity contribution in [2.45, 2.75) is 5.75 Å². The van der Waals surface area contributed by atoms with E-state index in [0.717, 1.165) is 10.0 Å². The minimum Gasteiger partial charge on any atom is -0.493 e. The summed E-state index contributed by atoms with van der Waals surface area (Å²) < 4.78 is 11.3. The molecule has 2 aromatic rings. The Morgan fingerprint density at radius 2 is 2.07 bits per heavy atom. The molecule has 0 saturated carbocycles. The lowest BCUT2D eigenvalue weighted by molar-refractivity contribution is -0.139. The minimum absolute atomic E-state index is 0.262. The number of amidine groups is 1. The molecular formula is C18H18BrN3O4S. The Hall–Kier alpha value is -2.52. The standard InChI is InChI=1S/C18H18BrN3O4S/c1-25-15-8-14(19)7-13(17(15)26-10-16(23)24)9-21-22-18(20)27-11-12-5-3-2-4-6-12/h2-9H,10-11H2,1H3,(H2,20,22)(H,23,24). The molecule has 0 aromatic heterocycles. The summed E-state index contributed by atoms with van der Waals surface area (Å²) >= 11 is 4.73. The van der Waals surface area contributed by atoms with Gasteiger partial charge in [0.05, 0.1) is 13.3 Å². The number of carboxylic acid groups (broad SMARTS) is 1. The van der Waals surface area contributed by atoms with Crippen molar-refractivity contribution in [3.05, 3.63) is 58.1 Å². The van der Waals surface area contributed by atoms with E-state index in [1.165, 1.54) is 25.1 Å². The topological polar surface area (TPSA) is 107 Å². The lowest BCUT2D eigenvalue weighted by Gasteiger charge is -2.12. The number of nitrogens with zero attached hydrogens (tertiary/aromatic N) is 2. The lowest BCUT2D eigenvalue weighted by atomic mass is 10.2. The number of ether oxygens (including phenoxy) is 2. The molecule has 7 nitrogen and oxygen atoms in total. The van der Waals surface area contributed by atoms with Gasteiger partial charge < -0.3 is 20.3 Å².